The Bertz CT molecular complexity index is 600. The van der Waals surface area contributed by atoms with E-state index < -0.39 is 0 Å². The standard InChI is InChI=1S/C17H25N3/c1-4-8-18-14-6-5-7-16(14)20-11-19-15-9-12(2)13(3)10-17(15)20/h9-11,14,16,18H,4-8H2,1-3H3. The van der Waals surface area contributed by atoms with Gasteiger partial charge in [0.15, 0.2) is 0 Å². The van der Waals surface area contributed by atoms with Crippen molar-refractivity contribution in [3.05, 3.63) is 29.6 Å². The molecule has 0 spiro atoms. The molecule has 3 nitrogen and oxygen atoms in total. The minimum absolute atomic E-state index is 0.564. The number of rotatable bonds is 4. The number of imidazole rings is 1. The number of benzene rings is 1. The fourth-order valence-corrected chi connectivity index (χ4v) is 3.39. The van der Waals surface area contributed by atoms with E-state index in [1.165, 1.54) is 42.3 Å². The summed E-state index contributed by atoms with van der Waals surface area (Å²) in [7, 11) is 0. The Labute approximate surface area is 121 Å². The Morgan fingerprint density at radius 1 is 1.25 bits per heavy atom. The van der Waals surface area contributed by atoms with Crippen LogP contribution in [-0.4, -0.2) is 22.1 Å². The number of nitrogens with zero attached hydrogens (tertiary/aromatic N) is 2. The maximum atomic E-state index is 4.62. The normalized spacial score (nSPS) is 22.8. The predicted octanol–water partition coefficient (Wildman–Crippen LogP) is 3.75. The lowest BCUT2D eigenvalue weighted by atomic mass is 10.1. The SMILES string of the molecule is CCCNC1CCCC1n1cnc2cc(C)c(C)cc21. The lowest BCUT2D eigenvalue weighted by molar-refractivity contribution is 0.399. The van der Waals surface area contributed by atoms with Gasteiger partial charge in [-0.15, -0.1) is 0 Å². The molecule has 2 unspecified atom stereocenters. The molecule has 108 valence electrons. The lowest BCUT2D eigenvalue weighted by Gasteiger charge is -2.23. The molecule has 3 rings (SSSR count). The van der Waals surface area contributed by atoms with Crippen LogP contribution in [0.1, 0.15) is 49.8 Å². The van der Waals surface area contributed by atoms with Crippen LogP contribution >= 0.6 is 0 Å². The summed E-state index contributed by atoms with van der Waals surface area (Å²) >= 11 is 0. The Morgan fingerprint density at radius 3 is 2.85 bits per heavy atom. The highest BCUT2D eigenvalue weighted by molar-refractivity contribution is 5.77. The molecule has 1 aliphatic carbocycles. The number of aromatic nitrogens is 2. The van der Waals surface area contributed by atoms with Crippen LogP contribution < -0.4 is 5.32 Å². The molecular weight excluding hydrogens is 246 g/mol. The van der Waals surface area contributed by atoms with Crippen molar-refractivity contribution >= 4 is 11.0 Å². The monoisotopic (exact) mass is 271 g/mol. The number of aryl methyl sites for hydroxylation is 2. The number of fused-ring (bicyclic) bond motifs is 1. The van der Waals surface area contributed by atoms with Gasteiger partial charge in [0.1, 0.15) is 0 Å². The molecule has 3 heteroatoms. The molecule has 0 bridgehead atoms. The predicted molar refractivity (Wildman–Crippen MR) is 84.2 cm³/mol. The minimum atomic E-state index is 0.564. The summed E-state index contributed by atoms with van der Waals surface area (Å²) in [6, 6.07) is 5.68. The van der Waals surface area contributed by atoms with Gasteiger partial charge in [-0.2, -0.15) is 0 Å². The smallest absolute Gasteiger partial charge is 0.0961 e. The fraction of sp³-hybridized carbons (Fsp3) is 0.588. The molecule has 1 aliphatic rings. The molecular formula is C17H25N3. The van der Waals surface area contributed by atoms with Crippen LogP contribution in [0.15, 0.2) is 18.5 Å². The van der Waals surface area contributed by atoms with Crippen LogP contribution in [0.3, 0.4) is 0 Å². The highest BCUT2D eigenvalue weighted by atomic mass is 15.1. The summed E-state index contributed by atoms with van der Waals surface area (Å²) < 4.78 is 2.40. The van der Waals surface area contributed by atoms with E-state index in [9.17, 15) is 0 Å². The summed E-state index contributed by atoms with van der Waals surface area (Å²) in [5, 5.41) is 3.71. The third-order valence-electron chi connectivity index (χ3n) is 4.68. The average molecular weight is 271 g/mol. The second kappa shape index (κ2) is 5.57. The van der Waals surface area contributed by atoms with Crippen LogP contribution in [-0.2, 0) is 0 Å². The van der Waals surface area contributed by atoms with Crippen LogP contribution in [0, 0.1) is 13.8 Å². The summed E-state index contributed by atoms with van der Waals surface area (Å²) in [6.07, 6.45) is 7.11. The van der Waals surface area contributed by atoms with Gasteiger partial charge >= 0.3 is 0 Å². The molecule has 20 heavy (non-hydrogen) atoms. The first-order valence-electron chi connectivity index (χ1n) is 7.88. The maximum absolute atomic E-state index is 4.62. The van der Waals surface area contributed by atoms with E-state index in [1.54, 1.807) is 0 Å². The average Bonchev–Trinajstić information content (AvgIpc) is 3.03. The first kappa shape index (κ1) is 13.6. The zero-order chi connectivity index (χ0) is 14.1. The lowest BCUT2D eigenvalue weighted by Crippen LogP contribution is -2.34. The second-order valence-corrected chi connectivity index (χ2v) is 6.14. The van der Waals surface area contributed by atoms with Crippen molar-refractivity contribution in [1.29, 1.82) is 0 Å². The molecule has 1 saturated carbocycles. The van der Waals surface area contributed by atoms with Crippen molar-refractivity contribution in [3.63, 3.8) is 0 Å². The number of nitrogens with one attached hydrogen (secondary N) is 1. The van der Waals surface area contributed by atoms with E-state index in [0.717, 1.165) is 12.1 Å². The quantitative estimate of drug-likeness (QED) is 0.918. The van der Waals surface area contributed by atoms with Gasteiger partial charge in [0.05, 0.1) is 23.4 Å². The highest BCUT2D eigenvalue weighted by Crippen LogP contribution is 2.33. The molecule has 2 aromatic rings. The maximum Gasteiger partial charge on any atom is 0.0961 e. The second-order valence-electron chi connectivity index (χ2n) is 6.14. The number of hydrogen-bond donors (Lipinski definition) is 1. The fourth-order valence-electron chi connectivity index (χ4n) is 3.39. The van der Waals surface area contributed by atoms with Crippen LogP contribution in [0.25, 0.3) is 11.0 Å². The largest absolute Gasteiger partial charge is 0.326 e. The summed E-state index contributed by atoms with van der Waals surface area (Å²) in [6.45, 7) is 7.70. The third kappa shape index (κ3) is 2.35. The van der Waals surface area contributed by atoms with E-state index in [1.807, 2.05) is 6.33 Å². The van der Waals surface area contributed by atoms with Crippen molar-refractivity contribution in [1.82, 2.24) is 14.9 Å². The Balaban J connectivity index is 1.95. The van der Waals surface area contributed by atoms with Gasteiger partial charge in [0, 0.05) is 6.04 Å². The van der Waals surface area contributed by atoms with Crippen molar-refractivity contribution in [2.24, 2.45) is 0 Å². The van der Waals surface area contributed by atoms with Gasteiger partial charge in [0.2, 0.25) is 0 Å². The molecule has 1 fully saturated rings. The van der Waals surface area contributed by atoms with Crippen LogP contribution in [0.2, 0.25) is 0 Å². The molecule has 1 heterocycles. The molecule has 0 aliphatic heterocycles. The van der Waals surface area contributed by atoms with Gasteiger partial charge in [-0.05, 0) is 69.3 Å². The summed E-state index contributed by atoms with van der Waals surface area (Å²) in [4.78, 5) is 4.62. The molecule has 1 aromatic carbocycles. The van der Waals surface area contributed by atoms with Gasteiger partial charge in [-0.25, -0.2) is 4.98 Å². The summed E-state index contributed by atoms with van der Waals surface area (Å²) in [5.41, 5.74) is 5.11. The van der Waals surface area contributed by atoms with Crippen molar-refractivity contribution in [2.75, 3.05) is 6.54 Å². The molecule has 0 radical (unpaired) electrons. The van der Waals surface area contributed by atoms with Crippen LogP contribution in [0.5, 0.6) is 0 Å². The molecule has 1 N–H and O–H groups in total. The molecule has 1 aromatic heterocycles. The molecule has 2 atom stereocenters. The third-order valence-corrected chi connectivity index (χ3v) is 4.68. The summed E-state index contributed by atoms with van der Waals surface area (Å²) in [5.74, 6) is 0. The zero-order valence-corrected chi connectivity index (χ0v) is 12.8. The van der Waals surface area contributed by atoms with E-state index >= 15 is 0 Å². The zero-order valence-electron chi connectivity index (χ0n) is 12.8. The molecule has 0 amide bonds. The Morgan fingerprint density at radius 2 is 2.05 bits per heavy atom. The first-order chi connectivity index (χ1) is 9.70. The van der Waals surface area contributed by atoms with Gasteiger partial charge in [-0.3, -0.25) is 0 Å². The van der Waals surface area contributed by atoms with E-state index in [-0.39, 0.29) is 0 Å². The topological polar surface area (TPSA) is 29.9 Å². The molecule has 0 saturated heterocycles. The van der Waals surface area contributed by atoms with Crippen molar-refractivity contribution in [2.45, 2.75) is 58.5 Å². The van der Waals surface area contributed by atoms with Gasteiger partial charge < -0.3 is 9.88 Å². The van der Waals surface area contributed by atoms with Crippen molar-refractivity contribution in [3.8, 4) is 0 Å². The Kier molecular flexibility index (Phi) is 3.79. The van der Waals surface area contributed by atoms with E-state index in [4.69, 9.17) is 0 Å². The van der Waals surface area contributed by atoms with Crippen molar-refractivity contribution < 1.29 is 0 Å². The van der Waals surface area contributed by atoms with E-state index in [0.29, 0.717) is 12.1 Å². The highest BCUT2D eigenvalue weighted by Gasteiger charge is 2.28. The Hall–Kier alpha value is -1.35. The van der Waals surface area contributed by atoms with Gasteiger partial charge in [-0.1, -0.05) is 6.92 Å². The van der Waals surface area contributed by atoms with E-state index in [2.05, 4.69) is 47.8 Å². The van der Waals surface area contributed by atoms with Gasteiger partial charge in [0.25, 0.3) is 0 Å². The minimum Gasteiger partial charge on any atom is -0.326 e. The van der Waals surface area contributed by atoms with Crippen LogP contribution in [0.4, 0.5) is 0 Å². The number of hydrogen-bond acceptors (Lipinski definition) is 2. The first-order valence-corrected chi connectivity index (χ1v) is 7.88.